The van der Waals surface area contributed by atoms with Crippen molar-refractivity contribution in [3.05, 3.63) is 58.6 Å². The number of aromatic nitrogens is 4. The van der Waals surface area contributed by atoms with Crippen molar-refractivity contribution in [1.82, 2.24) is 19.3 Å². The monoisotopic (exact) mass is 468 g/mol. The number of phenolic OH excluding ortho intramolecular Hbond substituents is 1. The SMILES string of the molecule is CC(C)c1cc(-c2n[nH]c(=O)n2-c2ccc3c(ccn3C)c2)c(O)cc1OP(=O)(O)O.[H-].[Na+]. The molecule has 0 atom stereocenters. The van der Waals surface area contributed by atoms with Crippen molar-refractivity contribution in [3.63, 3.8) is 0 Å². The molecule has 12 heteroatoms. The van der Waals surface area contributed by atoms with Crippen LogP contribution in [-0.4, -0.2) is 34.2 Å². The van der Waals surface area contributed by atoms with Crippen LogP contribution in [0.25, 0.3) is 28.0 Å². The molecule has 0 aliphatic rings. The third-order valence-electron chi connectivity index (χ3n) is 5.01. The number of hydrogen-bond donors (Lipinski definition) is 4. The number of nitrogens with one attached hydrogen (secondary N) is 1. The first-order valence-corrected chi connectivity index (χ1v) is 10.9. The number of aromatic hydroxyl groups is 1. The van der Waals surface area contributed by atoms with Gasteiger partial charge in [-0.3, -0.25) is 9.79 Å². The van der Waals surface area contributed by atoms with E-state index in [1.807, 2.05) is 49.9 Å². The van der Waals surface area contributed by atoms with Gasteiger partial charge in [0, 0.05) is 30.2 Å². The molecule has 2 heterocycles. The zero-order valence-corrected chi connectivity index (χ0v) is 20.9. The molecule has 4 N–H and O–H groups in total. The van der Waals surface area contributed by atoms with E-state index in [1.165, 1.54) is 10.6 Å². The van der Waals surface area contributed by atoms with Gasteiger partial charge in [-0.2, -0.15) is 5.10 Å². The standard InChI is InChI=1S/C20H21N4O6P.Na.H/c1-11(2)14-9-15(17(25)10-18(14)30-31(27,28)29)19-21-22-20(26)24(19)13-4-5-16-12(8-13)6-7-23(16)3;;/h4-11,25H,1-3H3,(H,22,26)(H2,27,28,29);;/q;+1;-1. The maximum atomic E-state index is 12.6. The van der Waals surface area contributed by atoms with E-state index in [9.17, 15) is 24.3 Å². The maximum Gasteiger partial charge on any atom is 1.00 e. The molecule has 0 amide bonds. The van der Waals surface area contributed by atoms with Crippen LogP contribution in [0, 0.1) is 0 Å². The molecule has 0 saturated heterocycles. The Hall–Kier alpha value is -2.33. The molecule has 164 valence electrons. The van der Waals surface area contributed by atoms with Crippen molar-refractivity contribution in [1.29, 1.82) is 0 Å². The van der Waals surface area contributed by atoms with Crippen LogP contribution in [0.2, 0.25) is 0 Å². The number of nitrogens with zero attached hydrogens (tertiary/aromatic N) is 3. The second kappa shape index (κ2) is 8.90. The fraction of sp³-hybridized carbons (Fsp3) is 0.200. The first-order valence-electron chi connectivity index (χ1n) is 9.40. The first kappa shape index (κ1) is 24.3. The van der Waals surface area contributed by atoms with Gasteiger partial charge < -0.3 is 15.6 Å². The minimum absolute atomic E-state index is 0. The average Bonchev–Trinajstić information content (AvgIpc) is 3.23. The van der Waals surface area contributed by atoms with Gasteiger partial charge >= 0.3 is 43.1 Å². The molecule has 0 bridgehead atoms. The number of H-pyrrole nitrogens is 1. The molecule has 0 spiro atoms. The zero-order chi connectivity index (χ0) is 22.5. The molecule has 0 aliphatic heterocycles. The first-order chi connectivity index (χ1) is 14.5. The van der Waals surface area contributed by atoms with Crippen molar-refractivity contribution in [2.75, 3.05) is 0 Å². The van der Waals surface area contributed by atoms with Gasteiger partial charge in [0.25, 0.3) is 0 Å². The predicted molar refractivity (Wildman–Crippen MR) is 116 cm³/mol. The summed E-state index contributed by atoms with van der Waals surface area (Å²) in [6.45, 7) is 3.62. The molecule has 10 nitrogen and oxygen atoms in total. The summed E-state index contributed by atoms with van der Waals surface area (Å²) >= 11 is 0. The van der Waals surface area contributed by atoms with Crippen molar-refractivity contribution >= 4 is 18.7 Å². The number of hydrogen-bond acceptors (Lipinski definition) is 5. The van der Waals surface area contributed by atoms with Gasteiger partial charge in [0.1, 0.15) is 11.5 Å². The third-order valence-corrected chi connectivity index (χ3v) is 5.44. The van der Waals surface area contributed by atoms with Crippen LogP contribution in [0.4, 0.5) is 0 Å². The zero-order valence-electron chi connectivity index (χ0n) is 19.0. The van der Waals surface area contributed by atoms with Gasteiger partial charge in [-0.1, -0.05) is 13.8 Å². The number of rotatable bonds is 5. The topological polar surface area (TPSA) is 143 Å². The number of fused-ring (bicyclic) bond motifs is 1. The summed E-state index contributed by atoms with van der Waals surface area (Å²) in [5.41, 5.74) is 1.70. The number of phosphoric ester groups is 1. The van der Waals surface area contributed by atoms with E-state index < -0.39 is 13.5 Å². The number of benzene rings is 2. The Balaban J connectivity index is 0.00000193. The van der Waals surface area contributed by atoms with E-state index >= 15 is 0 Å². The van der Waals surface area contributed by atoms with E-state index in [2.05, 4.69) is 10.2 Å². The number of aryl methyl sites for hydroxylation is 1. The number of phosphoric acid groups is 1. The van der Waals surface area contributed by atoms with E-state index in [0.29, 0.717) is 11.3 Å². The van der Waals surface area contributed by atoms with Gasteiger partial charge in [-0.15, -0.1) is 0 Å². The minimum atomic E-state index is -4.83. The molecule has 4 aromatic rings. The predicted octanol–water partition coefficient (Wildman–Crippen LogP) is 0.136. The molecule has 4 rings (SSSR count). The molecule has 0 fully saturated rings. The largest absolute Gasteiger partial charge is 1.00 e. The minimum Gasteiger partial charge on any atom is -1.00 e. The van der Waals surface area contributed by atoms with Crippen LogP contribution in [0.15, 0.2) is 47.4 Å². The van der Waals surface area contributed by atoms with Crippen molar-refractivity contribution in [3.8, 4) is 28.6 Å². The molecule has 32 heavy (non-hydrogen) atoms. The second-order valence-corrected chi connectivity index (χ2v) is 8.67. The normalized spacial score (nSPS) is 11.7. The van der Waals surface area contributed by atoms with E-state index in [1.54, 1.807) is 6.07 Å². The van der Waals surface area contributed by atoms with Gasteiger partial charge in [0.05, 0.1) is 11.3 Å². The molecule has 2 aromatic carbocycles. The van der Waals surface area contributed by atoms with Crippen LogP contribution in [-0.2, 0) is 11.6 Å². The molecule has 0 saturated carbocycles. The van der Waals surface area contributed by atoms with Crippen LogP contribution < -0.4 is 39.8 Å². The number of aromatic amines is 1. The summed E-state index contributed by atoms with van der Waals surface area (Å²) in [5.74, 6) is -0.517. The summed E-state index contributed by atoms with van der Waals surface area (Å²) in [5, 5.41) is 18.0. The molecule has 0 radical (unpaired) electrons. The van der Waals surface area contributed by atoms with E-state index in [0.717, 1.165) is 17.0 Å². The van der Waals surface area contributed by atoms with Gasteiger partial charge in [0.15, 0.2) is 5.82 Å². The quantitative estimate of drug-likeness (QED) is 0.241. The molecule has 0 aliphatic carbocycles. The Morgan fingerprint density at radius 2 is 1.91 bits per heavy atom. The maximum absolute atomic E-state index is 12.6. The van der Waals surface area contributed by atoms with Crippen LogP contribution in [0.3, 0.4) is 0 Å². The average molecular weight is 468 g/mol. The second-order valence-electron chi connectivity index (χ2n) is 7.50. The van der Waals surface area contributed by atoms with Crippen molar-refractivity contribution in [2.45, 2.75) is 19.8 Å². The summed E-state index contributed by atoms with van der Waals surface area (Å²) in [7, 11) is -2.91. The van der Waals surface area contributed by atoms with Gasteiger partial charge in [-0.25, -0.2) is 19.0 Å². The summed E-state index contributed by atoms with van der Waals surface area (Å²) in [4.78, 5) is 30.9. The Bertz CT molecular complexity index is 1410. The number of phenols is 1. The Kier molecular flexibility index (Phi) is 6.76. The van der Waals surface area contributed by atoms with Gasteiger partial charge in [-0.05, 0) is 41.8 Å². The van der Waals surface area contributed by atoms with Crippen LogP contribution in [0.5, 0.6) is 11.5 Å². The van der Waals surface area contributed by atoms with Crippen LogP contribution in [0.1, 0.15) is 26.8 Å². The smallest absolute Gasteiger partial charge is 1.00 e. The van der Waals surface area contributed by atoms with Crippen molar-refractivity contribution < 1.29 is 55.0 Å². The summed E-state index contributed by atoms with van der Waals surface area (Å²) in [6.07, 6.45) is 1.91. The Morgan fingerprint density at radius 3 is 2.56 bits per heavy atom. The molecular formula is C20H22N4NaO6P. The van der Waals surface area contributed by atoms with Crippen LogP contribution >= 0.6 is 7.82 Å². The van der Waals surface area contributed by atoms with E-state index in [-0.39, 0.29) is 59.8 Å². The molecule has 0 unspecified atom stereocenters. The van der Waals surface area contributed by atoms with E-state index in [4.69, 9.17) is 4.52 Å². The fourth-order valence-corrected chi connectivity index (χ4v) is 3.96. The summed E-state index contributed by atoms with van der Waals surface area (Å²) in [6, 6.07) is 10.0. The molecule has 2 aromatic heterocycles. The molecular weight excluding hydrogens is 446 g/mol. The third kappa shape index (κ3) is 4.56. The fourth-order valence-electron chi connectivity index (χ4n) is 3.55. The Morgan fingerprint density at radius 1 is 1.19 bits per heavy atom. The van der Waals surface area contributed by atoms with Crippen molar-refractivity contribution in [2.24, 2.45) is 7.05 Å². The summed E-state index contributed by atoms with van der Waals surface area (Å²) < 4.78 is 19.3. The van der Waals surface area contributed by atoms with Gasteiger partial charge in [0.2, 0.25) is 0 Å². The Labute approximate surface area is 206 Å².